The third-order valence-corrected chi connectivity index (χ3v) is 3.51. The van der Waals surface area contributed by atoms with Crippen molar-refractivity contribution in [2.75, 3.05) is 4.90 Å². The van der Waals surface area contributed by atoms with E-state index in [-0.39, 0.29) is 12.8 Å². The van der Waals surface area contributed by atoms with Gasteiger partial charge in [-0.25, -0.2) is 13.7 Å². The summed E-state index contributed by atoms with van der Waals surface area (Å²) >= 11 is 0. The van der Waals surface area contributed by atoms with Crippen LogP contribution in [0.1, 0.15) is 19.8 Å². The third kappa shape index (κ3) is 2.73. The first-order chi connectivity index (χ1) is 11.8. The van der Waals surface area contributed by atoms with Crippen LogP contribution in [0.4, 0.5) is 14.7 Å². The second-order valence-corrected chi connectivity index (χ2v) is 5.23. The molecular formula is C16H11F2NO6. The number of ether oxygens (including phenoxy) is 1. The summed E-state index contributed by atoms with van der Waals surface area (Å²) in [6, 6.07) is 2.96. The highest BCUT2D eigenvalue weighted by atomic mass is 19.1. The van der Waals surface area contributed by atoms with Crippen molar-refractivity contribution in [3.8, 4) is 22.8 Å². The summed E-state index contributed by atoms with van der Waals surface area (Å²) in [5, 5.41) is 10.2. The SMILES string of the molecule is CC(=O)Oc1c(N2C(=O)CCC2=O)oc(-c2c(F)cccc2F)c1O. The number of hydrogen-bond donors (Lipinski definition) is 1. The van der Waals surface area contributed by atoms with Gasteiger partial charge < -0.3 is 14.3 Å². The van der Waals surface area contributed by atoms with Crippen LogP contribution in [-0.2, 0) is 14.4 Å². The highest BCUT2D eigenvalue weighted by Crippen LogP contribution is 2.49. The summed E-state index contributed by atoms with van der Waals surface area (Å²) in [6.45, 7) is 1.01. The molecule has 1 saturated heterocycles. The lowest BCUT2D eigenvalue weighted by Gasteiger charge is -2.11. The van der Waals surface area contributed by atoms with E-state index in [2.05, 4.69) is 0 Å². The molecule has 0 spiro atoms. The van der Waals surface area contributed by atoms with E-state index < -0.39 is 58.1 Å². The molecule has 0 radical (unpaired) electrons. The van der Waals surface area contributed by atoms with Gasteiger partial charge in [0.15, 0.2) is 5.76 Å². The van der Waals surface area contributed by atoms with Crippen LogP contribution in [0.5, 0.6) is 11.5 Å². The minimum Gasteiger partial charge on any atom is -0.502 e. The Morgan fingerprint density at radius 3 is 2.28 bits per heavy atom. The Kier molecular flexibility index (Phi) is 3.99. The summed E-state index contributed by atoms with van der Waals surface area (Å²) in [5.74, 6) is -7.17. The fraction of sp³-hybridized carbons (Fsp3) is 0.188. The number of nitrogens with zero attached hydrogens (tertiary/aromatic N) is 1. The molecule has 0 saturated carbocycles. The number of anilines is 1. The van der Waals surface area contributed by atoms with Crippen LogP contribution < -0.4 is 9.64 Å². The first-order valence-electron chi connectivity index (χ1n) is 7.15. The van der Waals surface area contributed by atoms with Crippen molar-refractivity contribution in [3.05, 3.63) is 29.8 Å². The zero-order valence-corrected chi connectivity index (χ0v) is 12.8. The molecule has 1 aliphatic heterocycles. The van der Waals surface area contributed by atoms with Gasteiger partial charge in [0, 0.05) is 19.8 Å². The van der Waals surface area contributed by atoms with Gasteiger partial charge in [-0.3, -0.25) is 14.4 Å². The summed E-state index contributed by atoms with van der Waals surface area (Å²) in [4.78, 5) is 35.6. The lowest BCUT2D eigenvalue weighted by Crippen LogP contribution is -2.28. The molecule has 7 nitrogen and oxygen atoms in total. The van der Waals surface area contributed by atoms with Crippen LogP contribution in [0.2, 0.25) is 0 Å². The number of esters is 1. The normalized spacial score (nSPS) is 14.3. The number of hydrogen-bond acceptors (Lipinski definition) is 6. The maximum absolute atomic E-state index is 14.0. The molecule has 2 amide bonds. The molecule has 0 bridgehead atoms. The molecule has 2 heterocycles. The first-order valence-corrected chi connectivity index (χ1v) is 7.15. The fourth-order valence-corrected chi connectivity index (χ4v) is 2.47. The molecule has 130 valence electrons. The largest absolute Gasteiger partial charge is 0.502 e. The number of aromatic hydroxyl groups is 1. The van der Waals surface area contributed by atoms with Crippen LogP contribution in [0.25, 0.3) is 11.3 Å². The zero-order valence-electron chi connectivity index (χ0n) is 12.8. The Morgan fingerprint density at radius 2 is 1.76 bits per heavy atom. The number of carbonyl (C=O) groups is 3. The number of carbonyl (C=O) groups excluding carboxylic acids is 3. The maximum Gasteiger partial charge on any atom is 0.308 e. The maximum atomic E-state index is 14.0. The van der Waals surface area contributed by atoms with Gasteiger partial charge in [-0.05, 0) is 12.1 Å². The molecule has 25 heavy (non-hydrogen) atoms. The summed E-state index contributed by atoms with van der Waals surface area (Å²) in [5.41, 5.74) is -0.723. The predicted molar refractivity (Wildman–Crippen MR) is 78.8 cm³/mol. The lowest BCUT2D eigenvalue weighted by atomic mass is 10.1. The van der Waals surface area contributed by atoms with Gasteiger partial charge in [-0.1, -0.05) is 6.07 Å². The van der Waals surface area contributed by atoms with Gasteiger partial charge >= 0.3 is 5.97 Å². The van der Waals surface area contributed by atoms with Gasteiger partial charge in [-0.2, -0.15) is 0 Å². The number of benzene rings is 1. The monoisotopic (exact) mass is 351 g/mol. The minimum atomic E-state index is -1.05. The molecule has 2 aromatic rings. The van der Waals surface area contributed by atoms with Gasteiger partial charge in [0.2, 0.25) is 23.3 Å². The Balaban J connectivity index is 2.24. The molecule has 1 aromatic heterocycles. The zero-order chi connectivity index (χ0) is 18.3. The molecular weight excluding hydrogens is 340 g/mol. The topological polar surface area (TPSA) is 97.0 Å². The van der Waals surface area contributed by atoms with E-state index in [4.69, 9.17) is 9.15 Å². The van der Waals surface area contributed by atoms with E-state index >= 15 is 0 Å². The lowest BCUT2D eigenvalue weighted by molar-refractivity contribution is -0.132. The van der Waals surface area contributed by atoms with Crippen molar-refractivity contribution in [3.63, 3.8) is 0 Å². The van der Waals surface area contributed by atoms with Crippen molar-refractivity contribution in [1.82, 2.24) is 0 Å². The summed E-state index contributed by atoms with van der Waals surface area (Å²) in [7, 11) is 0. The Morgan fingerprint density at radius 1 is 1.20 bits per heavy atom. The highest BCUT2D eigenvalue weighted by molar-refractivity contribution is 6.20. The van der Waals surface area contributed by atoms with E-state index in [0.29, 0.717) is 4.90 Å². The number of imide groups is 1. The molecule has 1 aromatic carbocycles. The van der Waals surface area contributed by atoms with Crippen LogP contribution in [-0.4, -0.2) is 22.9 Å². The smallest absolute Gasteiger partial charge is 0.308 e. The third-order valence-electron chi connectivity index (χ3n) is 3.51. The van der Waals surface area contributed by atoms with Crippen molar-refractivity contribution in [2.24, 2.45) is 0 Å². The van der Waals surface area contributed by atoms with Crippen LogP contribution >= 0.6 is 0 Å². The van der Waals surface area contributed by atoms with Crippen molar-refractivity contribution < 1.29 is 37.4 Å². The Labute approximate surface area is 139 Å². The van der Waals surface area contributed by atoms with Gasteiger partial charge in [0.05, 0.1) is 5.56 Å². The summed E-state index contributed by atoms with van der Waals surface area (Å²) < 4.78 is 38.0. The van der Waals surface area contributed by atoms with E-state index in [0.717, 1.165) is 25.1 Å². The number of halogens is 2. The predicted octanol–water partition coefficient (Wildman–Crippen LogP) is 2.51. The Hall–Kier alpha value is -3.23. The number of rotatable bonds is 3. The fourth-order valence-electron chi connectivity index (χ4n) is 2.47. The molecule has 1 aliphatic rings. The molecule has 1 fully saturated rings. The van der Waals surface area contributed by atoms with Crippen molar-refractivity contribution >= 4 is 23.7 Å². The van der Waals surface area contributed by atoms with Gasteiger partial charge in [0.25, 0.3) is 5.88 Å². The van der Waals surface area contributed by atoms with Crippen LogP contribution in [0, 0.1) is 11.6 Å². The molecule has 0 aliphatic carbocycles. The highest BCUT2D eigenvalue weighted by Gasteiger charge is 2.39. The van der Waals surface area contributed by atoms with Gasteiger partial charge in [-0.15, -0.1) is 0 Å². The van der Waals surface area contributed by atoms with Crippen molar-refractivity contribution in [1.29, 1.82) is 0 Å². The van der Waals surface area contributed by atoms with E-state index in [9.17, 15) is 28.3 Å². The van der Waals surface area contributed by atoms with E-state index in [1.54, 1.807) is 0 Å². The van der Waals surface area contributed by atoms with E-state index in [1.807, 2.05) is 0 Å². The number of furan rings is 1. The molecule has 9 heteroatoms. The minimum absolute atomic E-state index is 0.108. The molecule has 3 rings (SSSR count). The molecule has 0 atom stereocenters. The second-order valence-electron chi connectivity index (χ2n) is 5.23. The van der Waals surface area contributed by atoms with Gasteiger partial charge in [0.1, 0.15) is 11.6 Å². The average Bonchev–Trinajstić information content (AvgIpc) is 3.01. The Bertz CT molecular complexity index is 868. The van der Waals surface area contributed by atoms with Crippen LogP contribution in [0.15, 0.2) is 22.6 Å². The average molecular weight is 351 g/mol. The number of amides is 2. The first kappa shape index (κ1) is 16.6. The quantitative estimate of drug-likeness (QED) is 0.674. The molecule has 0 unspecified atom stereocenters. The van der Waals surface area contributed by atoms with Crippen LogP contribution in [0.3, 0.4) is 0 Å². The molecule has 1 N–H and O–H groups in total. The second kappa shape index (κ2) is 6.00. The summed E-state index contributed by atoms with van der Waals surface area (Å²) in [6.07, 6.45) is -0.216. The standard InChI is InChI=1S/C16H11F2NO6/c1-7(20)24-15-13(23)14(12-8(17)3-2-4-9(12)18)25-16(15)19-10(21)5-6-11(19)22/h2-4,23H,5-6H2,1H3. The van der Waals surface area contributed by atoms with E-state index in [1.165, 1.54) is 0 Å². The van der Waals surface area contributed by atoms with Crippen molar-refractivity contribution in [2.45, 2.75) is 19.8 Å².